The van der Waals surface area contributed by atoms with Gasteiger partial charge in [0, 0.05) is 18.2 Å². The number of nitrogens with one attached hydrogen (secondary N) is 2. The van der Waals surface area contributed by atoms with Crippen LogP contribution in [0.2, 0.25) is 0 Å². The quantitative estimate of drug-likeness (QED) is 0.875. The van der Waals surface area contributed by atoms with Crippen LogP contribution in [0.5, 0.6) is 0 Å². The molecule has 1 saturated heterocycles. The Morgan fingerprint density at radius 2 is 2.39 bits per heavy atom. The van der Waals surface area contributed by atoms with Gasteiger partial charge in [-0.15, -0.1) is 12.4 Å². The smallest absolute Gasteiger partial charge is 0.223 e. The van der Waals surface area contributed by atoms with E-state index >= 15 is 0 Å². The maximum atomic E-state index is 12.0. The second kappa shape index (κ2) is 7.34. The van der Waals surface area contributed by atoms with Crippen molar-refractivity contribution in [3.8, 4) is 0 Å². The molecule has 1 aliphatic rings. The lowest BCUT2D eigenvalue weighted by molar-refractivity contribution is -0.126. The Morgan fingerprint density at radius 1 is 1.56 bits per heavy atom. The van der Waals surface area contributed by atoms with E-state index in [9.17, 15) is 4.79 Å². The van der Waals surface area contributed by atoms with Crippen molar-refractivity contribution in [2.45, 2.75) is 32.4 Å². The van der Waals surface area contributed by atoms with Gasteiger partial charge >= 0.3 is 0 Å². The summed E-state index contributed by atoms with van der Waals surface area (Å²) in [4.78, 5) is 16.1. The highest BCUT2D eigenvalue weighted by molar-refractivity contribution is 5.85. The molecule has 0 bridgehead atoms. The van der Waals surface area contributed by atoms with Gasteiger partial charge in [0.1, 0.15) is 0 Å². The number of piperidine rings is 1. The van der Waals surface area contributed by atoms with Crippen LogP contribution in [0.1, 0.15) is 25.5 Å². The van der Waals surface area contributed by atoms with Gasteiger partial charge < -0.3 is 10.6 Å². The Hall–Kier alpha value is -1.13. The fourth-order valence-electron chi connectivity index (χ4n) is 2.19. The van der Waals surface area contributed by atoms with Gasteiger partial charge in [-0.05, 0) is 38.4 Å². The lowest BCUT2D eigenvalue weighted by atomic mass is 9.92. The highest BCUT2D eigenvalue weighted by Gasteiger charge is 2.24. The van der Waals surface area contributed by atoms with E-state index < -0.39 is 0 Å². The number of carbonyl (C=O) groups is 1. The van der Waals surface area contributed by atoms with Crippen LogP contribution in [-0.4, -0.2) is 23.5 Å². The van der Waals surface area contributed by atoms with Crippen LogP contribution >= 0.6 is 12.4 Å². The van der Waals surface area contributed by atoms with Crippen molar-refractivity contribution >= 4 is 18.3 Å². The Bertz CT molecular complexity index is 372. The van der Waals surface area contributed by atoms with Gasteiger partial charge in [0.15, 0.2) is 0 Å². The first-order valence-electron chi connectivity index (χ1n) is 6.16. The monoisotopic (exact) mass is 269 g/mol. The summed E-state index contributed by atoms with van der Waals surface area (Å²) in [5.74, 6) is 0.305. The van der Waals surface area contributed by atoms with Crippen LogP contribution in [0.3, 0.4) is 0 Å². The van der Waals surface area contributed by atoms with E-state index in [1.807, 2.05) is 18.2 Å². The third kappa shape index (κ3) is 4.27. The minimum atomic E-state index is 0. The Morgan fingerprint density at radius 3 is 3.06 bits per heavy atom. The maximum absolute atomic E-state index is 12.0. The molecule has 1 amide bonds. The molecule has 1 fully saturated rings. The molecule has 0 aromatic carbocycles. The molecule has 5 heteroatoms. The first kappa shape index (κ1) is 14.9. The number of hydrogen-bond acceptors (Lipinski definition) is 3. The first-order chi connectivity index (χ1) is 8.25. The first-order valence-corrected chi connectivity index (χ1v) is 6.16. The van der Waals surface area contributed by atoms with Crippen LogP contribution in [0.4, 0.5) is 0 Å². The van der Waals surface area contributed by atoms with E-state index in [0.717, 1.165) is 25.1 Å². The molecule has 2 atom stereocenters. The van der Waals surface area contributed by atoms with E-state index in [2.05, 4.69) is 22.5 Å². The SMILES string of the molecule is C[C@H]1C[C@@H](C(=O)NCc2ccccn2)CCN1.Cl. The molecule has 1 aromatic rings. The molecule has 4 nitrogen and oxygen atoms in total. The molecule has 2 rings (SSSR count). The van der Waals surface area contributed by atoms with Crippen LogP contribution in [-0.2, 0) is 11.3 Å². The van der Waals surface area contributed by atoms with Crippen LogP contribution in [0.15, 0.2) is 24.4 Å². The van der Waals surface area contributed by atoms with Crippen LogP contribution in [0, 0.1) is 5.92 Å². The second-order valence-electron chi connectivity index (χ2n) is 4.62. The van der Waals surface area contributed by atoms with Gasteiger partial charge in [0.25, 0.3) is 0 Å². The molecule has 0 saturated carbocycles. The molecule has 1 aliphatic heterocycles. The fourth-order valence-corrected chi connectivity index (χ4v) is 2.19. The number of amides is 1. The summed E-state index contributed by atoms with van der Waals surface area (Å²) >= 11 is 0. The van der Waals surface area contributed by atoms with Crippen molar-refractivity contribution < 1.29 is 4.79 Å². The second-order valence-corrected chi connectivity index (χ2v) is 4.62. The summed E-state index contributed by atoms with van der Waals surface area (Å²) in [6.45, 7) is 3.58. The Balaban J connectivity index is 0.00000162. The normalized spacial score (nSPS) is 22.9. The zero-order valence-electron chi connectivity index (χ0n) is 10.6. The van der Waals surface area contributed by atoms with E-state index in [1.165, 1.54) is 0 Å². The lowest BCUT2D eigenvalue weighted by Crippen LogP contribution is -2.42. The van der Waals surface area contributed by atoms with Gasteiger partial charge in [0.05, 0.1) is 12.2 Å². The third-order valence-corrected chi connectivity index (χ3v) is 3.16. The van der Waals surface area contributed by atoms with E-state index in [4.69, 9.17) is 0 Å². The van der Waals surface area contributed by atoms with Crippen LogP contribution in [0.25, 0.3) is 0 Å². The summed E-state index contributed by atoms with van der Waals surface area (Å²) in [5.41, 5.74) is 0.905. The number of rotatable bonds is 3. The predicted molar refractivity (Wildman–Crippen MR) is 73.5 cm³/mol. The average molecular weight is 270 g/mol. The van der Waals surface area contributed by atoms with Gasteiger partial charge in [-0.25, -0.2) is 0 Å². The average Bonchev–Trinajstić information content (AvgIpc) is 2.37. The fraction of sp³-hybridized carbons (Fsp3) is 0.538. The molecule has 0 aliphatic carbocycles. The molecule has 18 heavy (non-hydrogen) atoms. The number of pyridine rings is 1. The molecule has 0 radical (unpaired) electrons. The predicted octanol–water partition coefficient (Wildman–Crippen LogP) is 1.51. The largest absolute Gasteiger partial charge is 0.350 e. The topological polar surface area (TPSA) is 54.0 Å². The van der Waals surface area contributed by atoms with Gasteiger partial charge in [-0.1, -0.05) is 6.07 Å². The minimum absolute atomic E-state index is 0. The molecular formula is C13H20ClN3O. The van der Waals surface area contributed by atoms with Crippen molar-refractivity contribution in [2.24, 2.45) is 5.92 Å². The van der Waals surface area contributed by atoms with E-state index in [0.29, 0.717) is 12.6 Å². The number of nitrogens with zero attached hydrogens (tertiary/aromatic N) is 1. The van der Waals surface area contributed by atoms with Gasteiger partial charge in [-0.3, -0.25) is 9.78 Å². The third-order valence-electron chi connectivity index (χ3n) is 3.16. The van der Waals surface area contributed by atoms with Crippen molar-refractivity contribution in [3.05, 3.63) is 30.1 Å². The molecule has 2 heterocycles. The van der Waals surface area contributed by atoms with E-state index in [1.54, 1.807) is 6.20 Å². The molecular weight excluding hydrogens is 250 g/mol. The summed E-state index contributed by atoms with van der Waals surface area (Å²) in [7, 11) is 0. The van der Waals surface area contributed by atoms with Crippen molar-refractivity contribution in [2.75, 3.05) is 6.54 Å². The highest BCUT2D eigenvalue weighted by Crippen LogP contribution is 2.16. The molecule has 1 aromatic heterocycles. The highest BCUT2D eigenvalue weighted by atomic mass is 35.5. The Kier molecular flexibility index (Phi) is 6.09. The molecule has 100 valence electrons. The lowest BCUT2D eigenvalue weighted by Gasteiger charge is -2.27. The van der Waals surface area contributed by atoms with E-state index in [-0.39, 0.29) is 24.2 Å². The number of halogens is 1. The zero-order chi connectivity index (χ0) is 12.1. The van der Waals surface area contributed by atoms with Crippen molar-refractivity contribution in [3.63, 3.8) is 0 Å². The molecule has 2 N–H and O–H groups in total. The summed E-state index contributed by atoms with van der Waals surface area (Å²) in [6, 6.07) is 6.17. The van der Waals surface area contributed by atoms with Crippen molar-refractivity contribution in [1.29, 1.82) is 0 Å². The standard InChI is InChI=1S/C13H19N3O.ClH/c1-10-8-11(5-7-14-10)13(17)16-9-12-4-2-3-6-15-12;/h2-4,6,10-11,14H,5,7-9H2,1H3,(H,16,17);1H/t10-,11-;/m0./s1. The van der Waals surface area contributed by atoms with Gasteiger partial charge in [0.2, 0.25) is 5.91 Å². The number of hydrogen-bond donors (Lipinski definition) is 2. The molecule has 0 unspecified atom stereocenters. The zero-order valence-corrected chi connectivity index (χ0v) is 11.4. The minimum Gasteiger partial charge on any atom is -0.350 e. The number of carbonyl (C=O) groups excluding carboxylic acids is 1. The van der Waals surface area contributed by atoms with Gasteiger partial charge in [-0.2, -0.15) is 0 Å². The summed E-state index contributed by atoms with van der Waals surface area (Å²) in [5, 5.41) is 6.31. The summed E-state index contributed by atoms with van der Waals surface area (Å²) in [6.07, 6.45) is 3.60. The maximum Gasteiger partial charge on any atom is 0.223 e. The summed E-state index contributed by atoms with van der Waals surface area (Å²) < 4.78 is 0. The van der Waals surface area contributed by atoms with Crippen LogP contribution < -0.4 is 10.6 Å². The molecule has 0 spiro atoms. The number of aromatic nitrogens is 1. The Labute approximate surface area is 114 Å². The van der Waals surface area contributed by atoms with Crippen molar-refractivity contribution in [1.82, 2.24) is 15.6 Å².